The first-order valence-electron chi connectivity index (χ1n) is 28.1. The molecule has 4 aromatic heterocycles. The van der Waals surface area contributed by atoms with E-state index in [-0.39, 0.29) is 13.7 Å². The van der Waals surface area contributed by atoms with Gasteiger partial charge in [0.2, 0.25) is 0 Å². The second kappa shape index (κ2) is 14.8. The first-order chi connectivity index (χ1) is 39.8. The second-order valence-electron chi connectivity index (χ2n) is 22.6. The lowest BCUT2D eigenvalue weighted by atomic mass is 9.45. The number of benzene rings is 12. The molecule has 4 nitrogen and oxygen atoms in total. The van der Waals surface area contributed by atoms with Crippen LogP contribution in [0.15, 0.2) is 255 Å². The van der Waals surface area contributed by atoms with Crippen molar-refractivity contribution in [2.75, 3.05) is 0 Å². The van der Waals surface area contributed by atoms with Gasteiger partial charge in [-0.2, -0.15) is 0 Å². The van der Waals surface area contributed by atoms with Gasteiger partial charge in [-0.15, -0.1) is 0 Å². The summed E-state index contributed by atoms with van der Waals surface area (Å²) in [5, 5.41) is 7.77. The number of para-hydroxylation sites is 6. The summed E-state index contributed by atoms with van der Waals surface area (Å²) < 4.78 is 10.8. The Kier molecular flexibility index (Phi) is 7.76. The summed E-state index contributed by atoms with van der Waals surface area (Å²) in [5.41, 5.74) is 33.3. The highest BCUT2D eigenvalue weighted by atomic mass is 15.1. The van der Waals surface area contributed by atoms with Crippen molar-refractivity contribution in [3.8, 4) is 78.1 Å². The molecule has 16 aromatic rings. The molecule has 0 fully saturated rings. The first kappa shape index (κ1) is 41.8. The summed E-state index contributed by atoms with van der Waals surface area (Å²) in [5.74, 6) is 0. The van der Waals surface area contributed by atoms with Crippen LogP contribution >= 0.6 is 0 Å². The van der Waals surface area contributed by atoms with Crippen molar-refractivity contribution in [3.05, 3.63) is 255 Å². The lowest BCUT2D eigenvalue weighted by Crippen LogP contribution is -2.55. The minimum absolute atomic E-state index is 0.0888. The lowest BCUT2D eigenvalue weighted by molar-refractivity contribution is 1.18. The number of nitrogens with zero attached hydrogens (tertiary/aromatic N) is 4. The largest absolute Gasteiger partial charge is 0.374 e. The third-order valence-corrected chi connectivity index (χ3v) is 18.9. The Morgan fingerprint density at radius 2 is 0.600 bits per heavy atom. The van der Waals surface area contributed by atoms with E-state index in [2.05, 4.69) is 273 Å². The summed E-state index contributed by atoms with van der Waals surface area (Å²) in [6, 6.07) is 96.3. The molecule has 0 N–H and O–H groups in total. The molecular weight excluding hydrogens is 966 g/mol. The van der Waals surface area contributed by atoms with Crippen LogP contribution in [0.5, 0.6) is 0 Å². The molecule has 0 bridgehead atoms. The first-order valence-corrected chi connectivity index (χ1v) is 28.1. The van der Waals surface area contributed by atoms with Gasteiger partial charge in [-0.1, -0.05) is 218 Å². The zero-order chi connectivity index (χ0) is 51.6. The zero-order valence-corrected chi connectivity index (χ0v) is 43.2. The van der Waals surface area contributed by atoms with Gasteiger partial charge in [-0.3, -0.25) is 0 Å². The topological polar surface area (TPSA) is 19.7 Å². The van der Waals surface area contributed by atoms with Gasteiger partial charge in [0.15, 0.2) is 0 Å². The number of fused-ring (bicyclic) bond motifs is 21. The normalized spacial score (nSPS) is 13.2. The lowest BCUT2D eigenvalue weighted by Gasteiger charge is -2.34. The smallest absolute Gasteiger partial charge is 0.333 e. The maximum Gasteiger partial charge on any atom is 0.333 e. The SMILES string of the molecule is c1ccc(-c2ccc(-c3cc4c5c6c3c3ccccc3n6-c3ccccc3B5n3c5c-4cccc5c4c3c3cccc5c3n4B3c4ccccc4-n4c6ccccc6c6c(-c7ccc(-c8ccccc8)cc7)cc-5c3c64)cc2)cc1. The van der Waals surface area contributed by atoms with Crippen molar-refractivity contribution >= 4 is 112 Å². The molecule has 8 heterocycles. The van der Waals surface area contributed by atoms with E-state index in [1.165, 1.54) is 176 Å². The average molecular weight is 1010 g/mol. The van der Waals surface area contributed by atoms with Crippen LogP contribution in [-0.4, -0.2) is 31.8 Å². The molecule has 4 aliphatic heterocycles. The van der Waals surface area contributed by atoms with Gasteiger partial charge in [0.25, 0.3) is 0 Å². The van der Waals surface area contributed by atoms with Crippen LogP contribution in [-0.2, 0) is 0 Å². The van der Waals surface area contributed by atoms with Crippen molar-refractivity contribution in [2.24, 2.45) is 0 Å². The highest BCUT2D eigenvalue weighted by Crippen LogP contribution is 2.52. The summed E-state index contributed by atoms with van der Waals surface area (Å²) in [6.07, 6.45) is 0. The Morgan fingerprint density at radius 1 is 0.237 bits per heavy atom. The van der Waals surface area contributed by atoms with Gasteiger partial charge >= 0.3 is 13.7 Å². The molecule has 0 unspecified atom stereocenters. The maximum atomic E-state index is 2.80. The Balaban J connectivity index is 0.915. The third kappa shape index (κ3) is 4.99. The van der Waals surface area contributed by atoms with E-state index in [0.717, 1.165) is 0 Å². The van der Waals surface area contributed by atoms with Crippen molar-refractivity contribution < 1.29 is 0 Å². The van der Waals surface area contributed by atoms with E-state index >= 15 is 0 Å². The highest BCUT2D eigenvalue weighted by Gasteiger charge is 2.47. The molecule has 0 saturated carbocycles. The van der Waals surface area contributed by atoms with Crippen LogP contribution in [0.1, 0.15) is 0 Å². The van der Waals surface area contributed by atoms with E-state index in [1.54, 1.807) is 0 Å². The Morgan fingerprint density at radius 3 is 1.05 bits per heavy atom. The Bertz CT molecular complexity index is 5120. The quantitative estimate of drug-likeness (QED) is 0.157. The van der Waals surface area contributed by atoms with Crippen LogP contribution in [0.3, 0.4) is 0 Å². The molecule has 0 amide bonds. The zero-order valence-electron chi connectivity index (χ0n) is 43.2. The number of hydrogen-bond donors (Lipinski definition) is 0. The van der Waals surface area contributed by atoms with Crippen LogP contribution in [0.4, 0.5) is 0 Å². The van der Waals surface area contributed by atoms with Gasteiger partial charge in [-0.05, 0) is 114 Å². The standard InChI is InChI=1S/C74H42B2N4/c1-3-17-43(18-4-1)45-33-37-47(38-34-45)55-41-57-49-23-15-25-53-69(49)79(75-59-27-9-13-31-63(59)77-61-29-11-7-21-51(61)65(55)73(77)67(57)75)72-54-26-16-24-50-58-42-56(48-39-35-46(36-40-48)44-19-5-2-6-20-44)66-52-22-8-12-30-62(52)78-64-32-14-10-28-60(64)76(68(58)74(66)78)80(70(50)54)71(53)72/h1-42H. The summed E-state index contributed by atoms with van der Waals surface area (Å²) in [7, 11) is 0. The predicted octanol–water partition coefficient (Wildman–Crippen LogP) is 15.5. The molecule has 364 valence electrons. The molecule has 80 heavy (non-hydrogen) atoms. The molecule has 0 radical (unpaired) electrons. The Labute approximate surface area is 460 Å². The third-order valence-electron chi connectivity index (χ3n) is 18.9. The highest BCUT2D eigenvalue weighted by molar-refractivity contribution is 6.92. The van der Waals surface area contributed by atoms with Gasteiger partial charge < -0.3 is 18.1 Å². The number of hydrogen-bond acceptors (Lipinski definition) is 0. The molecule has 12 aromatic carbocycles. The van der Waals surface area contributed by atoms with Crippen molar-refractivity contribution in [3.63, 3.8) is 0 Å². The molecule has 0 spiro atoms. The van der Waals surface area contributed by atoms with Crippen LogP contribution in [0, 0.1) is 0 Å². The maximum absolute atomic E-state index is 2.80. The minimum Gasteiger partial charge on any atom is -0.374 e. The van der Waals surface area contributed by atoms with E-state index in [1.807, 2.05) is 0 Å². The molecular formula is C74H42B2N4. The van der Waals surface area contributed by atoms with Gasteiger partial charge in [-0.25, -0.2) is 0 Å². The molecule has 20 rings (SSSR count). The van der Waals surface area contributed by atoms with Crippen molar-refractivity contribution in [1.29, 1.82) is 0 Å². The molecule has 0 saturated heterocycles. The second-order valence-corrected chi connectivity index (χ2v) is 22.6. The number of rotatable bonds is 4. The molecule has 4 aliphatic rings. The van der Waals surface area contributed by atoms with Crippen LogP contribution in [0.2, 0.25) is 0 Å². The minimum atomic E-state index is -0.0888. The van der Waals surface area contributed by atoms with E-state index in [9.17, 15) is 0 Å². The molecule has 6 heteroatoms. The van der Waals surface area contributed by atoms with Crippen molar-refractivity contribution in [1.82, 2.24) is 18.1 Å². The van der Waals surface area contributed by atoms with Gasteiger partial charge in [0, 0.05) is 65.9 Å². The van der Waals surface area contributed by atoms with E-state index in [0.29, 0.717) is 0 Å². The van der Waals surface area contributed by atoms with E-state index in [4.69, 9.17) is 0 Å². The van der Waals surface area contributed by atoms with Crippen molar-refractivity contribution in [2.45, 2.75) is 0 Å². The van der Waals surface area contributed by atoms with Gasteiger partial charge in [0.1, 0.15) is 0 Å². The Hall–Kier alpha value is -10.3. The average Bonchev–Trinajstić information content (AvgIpc) is 4.23. The summed E-state index contributed by atoms with van der Waals surface area (Å²) in [6.45, 7) is -0.178. The summed E-state index contributed by atoms with van der Waals surface area (Å²) in [4.78, 5) is 0. The predicted molar refractivity (Wildman–Crippen MR) is 337 cm³/mol. The van der Waals surface area contributed by atoms with E-state index < -0.39 is 0 Å². The molecule has 0 atom stereocenters. The summed E-state index contributed by atoms with van der Waals surface area (Å²) >= 11 is 0. The molecule has 0 aliphatic carbocycles. The monoisotopic (exact) mass is 1010 g/mol. The van der Waals surface area contributed by atoms with Gasteiger partial charge in [0.05, 0.1) is 33.1 Å². The fourth-order valence-electron chi connectivity index (χ4n) is 15.9. The van der Waals surface area contributed by atoms with Crippen LogP contribution < -0.4 is 21.9 Å². The number of aromatic nitrogens is 4. The fourth-order valence-corrected chi connectivity index (χ4v) is 15.9. The van der Waals surface area contributed by atoms with Crippen LogP contribution in [0.25, 0.3) is 155 Å². The fraction of sp³-hybridized carbons (Fsp3) is 0.